The van der Waals surface area contributed by atoms with Gasteiger partial charge in [-0.15, -0.1) is 0 Å². The van der Waals surface area contributed by atoms with E-state index in [9.17, 15) is 4.79 Å². The highest BCUT2D eigenvalue weighted by Gasteiger charge is 2.35. The molecule has 23 heavy (non-hydrogen) atoms. The third-order valence-corrected chi connectivity index (χ3v) is 4.81. The van der Waals surface area contributed by atoms with Gasteiger partial charge >= 0.3 is 0 Å². The molecule has 3 rings (SSSR count). The number of rotatable bonds is 5. The van der Waals surface area contributed by atoms with Crippen molar-refractivity contribution in [2.45, 2.75) is 12.8 Å². The van der Waals surface area contributed by atoms with Crippen molar-refractivity contribution in [3.63, 3.8) is 0 Å². The van der Waals surface area contributed by atoms with Crippen LogP contribution in [0.5, 0.6) is 0 Å². The molecule has 128 valence electrons. The maximum atomic E-state index is 12.3. The molecule has 2 aliphatic heterocycles. The van der Waals surface area contributed by atoms with Gasteiger partial charge in [-0.25, -0.2) is 0 Å². The van der Waals surface area contributed by atoms with Gasteiger partial charge in [-0.1, -0.05) is 0 Å². The largest absolute Gasteiger partial charge is 0.381 e. The van der Waals surface area contributed by atoms with Crippen LogP contribution in [0.3, 0.4) is 0 Å². The molecule has 2 fully saturated rings. The van der Waals surface area contributed by atoms with Crippen LogP contribution in [-0.4, -0.2) is 73.2 Å². The highest BCUT2D eigenvalue weighted by molar-refractivity contribution is 5.93. The van der Waals surface area contributed by atoms with Gasteiger partial charge < -0.3 is 14.8 Å². The number of carbonyl (C=O) groups is 1. The lowest BCUT2D eigenvalue weighted by molar-refractivity contribution is -0.0283. The fraction of sp³-hybridized carbons (Fsp3) is 0.750. The van der Waals surface area contributed by atoms with E-state index in [1.807, 2.05) is 7.05 Å². The zero-order chi connectivity index (χ0) is 16.1. The first-order chi connectivity index (χ1) is 11.2. The third-order valence-electron chi connectivity index (χ3n) is 4.81. The molecule has 1 aromatic heterocycles. The van der Waals surface area contributed by atoms with Gasteiger partial charge in [-0.05, 0) is 12.8 Å². The third kappa shape index (κ3) is 4.31. The fourth-order valence-electron chi connectivity index (χ4n) is 3.34. The predicted octanol–water partition coefficient (Wildman–Crippen LogP) is 0.279. The summed E-state index contributed by atoms with van der Waals surface area (Å²) >= 11 is 0. The molecule has 1 aromatic rings. The summed E-state index contributed by atoms with van der Waals surface area (Å²) in [5, 5.41) is 7.16. The number of nitrogens with one attached hydrogen (secondary N) is 1. The SMILES string of the molecule is Cn1cc(C(=O)NCC2(CN3CCOCC3)CCOCC2)cn1. The van der Waals surface area contributed by atoms with Crippen LogP contribution in [0.2, 0.25) is 0 Å². The van der Waals surface area contributed by atoms with Gasteiger partial charge in [0.25, 0.3) is 5.91 Å². The summed E-state index contributed by atoms with van der Waals surface area (Å²) in [5.74, 6) is -0.0501. The molecule has 1 amide bonds. The Morgan fingerprint density at radius 3 is 2.61 bits per heavy atom. The summed E-state index contributed by atoms with van der Waals surface area (Å²) in [5.41, 5.74) is 0.703. The lowest BCUT2D eigenvalue weighted by Crippen LogP contribution is -2.50. The van der Waals surface area contributed by atoms with E-state index in [4.69, 9.17) is 9.47 Å². The van der Waals surface area contributed by atoms with Crippen molar-refractivity contribution >= 4 is 5.91 Å². The molecule has 0 unspecified atom stereocenters. The van der Waals surface area contributed by atoms with Gasteiger partial charge in [0, 0.05) is 58.1 Å². The Kier molecular flexibility index (Phi) is 5.30. The second kappa shape index (κ2) is 7.42. The van der Waals surface area contributed by atoms with Crippen LogP contribution >= 0.6 is 0 Å². The van der Waals surface area contributed by atoms with Crippen molar-refractivity contribution in [3.05, 3.63) is 18.0 Å². The topological polar surface area (TPSA) is 68.6 Å². The highest BCUT2D eigenvalue weighted by atomic mass is 16.5. The molecule has 0 saturated carbocycles. The quantitative estimate of drug-likeness (QED) is 0.843. The molecule has 1 N–H and O–H groups in total. The number of carbonyl (C=O) groups excluding carboxylic acids is 1. The molecule has 0 radical (unpaired) electrons. The Morgan fingerprint density at radius 2 is 1.96 bits per heavy atom. The Labute approximate surface area is 136 Å². The van der Waals surface area contributed by atoms with E-state index in [1.165, 1.54) is 0 Å². The average Bonchev–Trinajstić information content (AvgIpc) is 3.01. The minimum atomic E-state index is -0.0501. The minimum Gasteiger partial charge on any atom is -0.381 e. The molecule has 7 nitrogen and oxygen atoms in total. The summed E-state index contributed by atoms with van der Waals surface area (Å²) in [6.07, 6.45) is 5.32. The molecular formula is C16H26N4O3. The maximum absolute atomic E-state index is 12.3. The molecule has 0 bridgehead atoms. The Hall–Kier alpha value is -1.44. The van der Waals surface area contributed by atoms with E-state index in [2.05, 4.69) is 15.3 Å². The normalized spacial score (nSPS) is 22.0. The molecule has 7 heteroatoms. The Morgan fingerprint density at radius 1 is 1.26 bits per heavy atom. The van der Waals surface area contributed by atoms with Gasteiger partial charge in [-0.2, -0.15) is 5.10 Å². The summed E-state index contributed by atoms with van der Waals surface area (Å²) in [7, 11) is 1.81. The molecule has 0 atom stereocenters. The Bertz CT molecular complexity index is 519. The number of aromatic nitrogens is 2. The van der Waals surface area contributed by atoms with Crippen LogP contribution in [0.4, 0.5) is 0 Å². The number of amides is 1. The van der Waals surface area contributed by atoms with Crippen molar-refractivity contribution in [3.8, 4) is 0 Å². The molecule has 3 heterocycles. The minimum absolute atomic E-state index is 0.0501. The van der Waals surface area contributed by atoms with Gasteiger partial charge in [0.05, 0.1) is 25.0 Å². The zero-order valence-electron chi connectivity index (χ0n) is 13.8. The van der Waals surface area contributed by atoms with Gasteiger partial charge in [0.2, 0.25) is 0 Å². The van der Waals surface area contributed by atoms with Gasteiger partial charge in [-0.3, -0.25) is 14.4 Å². The summed E-state index contributed by atoms with van der Waals surface area (Å²) < 4.78 is 12.6. The monoisotopic (exact) mass is 322 g/mol. The zero-order valence-corrected chi connectivity index (χ0v) is 13.8. The second-order valence-corrected chi connectivity index (χ2v) is 6.59. The summed E-state index contributed by atoms with van der Waals surface area (Å²) in [6.45, 7) is 6.76. The van der Waals surface area contributed by atoms with Crippen molar-refractivity contribution < 1.29 is 14.3 Å². The van der Waals surface area contributed by atoms with E-state index in [-0.39, 0.29) is 11.3 Å². The van der Waals surface area contributed by atoms with Crippen LogP contribution in [0.15, 0.2) is 12.4 Å². The number of morpholine rings is 1. The van der Waals surface area contributed by atoms with Crippen LogP contribution in [0.1, 0.15) is 23.2 Å². The second-order valence-electron chi connectivity index (χ2n) is 6.59. The number of hydrogen-bond donors (Lipinski definition) is 1. The van der Waals surface area contributed by atoms with Crippen LogP contribution < -0.4 is 5.32 Å². The Balaban J connectivity index is 1.60. The molecule has 0 aliphatic carbocycles. The molecule has 2 saturated heterocycles. The predicted molar refractivity (Wildman–Crippen MR) is 85.3 cm³/mol. The van der Waals surface area contributed by atoms with Gasteiger partial charge in [0.15, 0.2) is 0 Å². The lowest BCUT2D eigenvalue weighted by Gasteiger charge is -2.42. The van der Waals surface area contributed by atoms with Crippen LogP contribution in [0, 0.1) is 5.41 Å². The van der Waals surface area contributed by atoms with Crippen LogP contribution in [0.25, 0.3) is 0 Å². The van der Waals surface area contributed by atoms with Crippen LogP contribution in [-0.2, 0) is 16.5 Å². The molecule has 0 spiro atoms. The average molecular weight is 322 g/mol. The van der Waals surface area contributed by atoms with Crippen molar-refractivity contribution in [1.29, 1.82) is 0 Å². The fourth-order valence-corrected chi connectivity index (χ4v) is 3.34. The standard InChI is InChI=1S/C16H26N4O3/c1-19-11-14(10-18-19)15(21)17-12-16(2-6-22-7-3-16)13-20-4-8-23-9-5-20/h10-11H,2-9,12-13H2,1H3,(H,17,21). The molecule has 0 aromatic carbocycles. The number of aryl methyl sites for hydroxylation is 1. The number of ether oxygens (including phenoxy) is 2. The highest BCUT2D eigenvalue weighted by Crippen LogP contribution is 2.31. The number of nitrogens with zero attached hydrogens (tertiary/aromatic N) is 3. The first kappa shape index (κ1) is 16.4. The van der Waals surface area contributed by atoms with E-state index < -0.39 is 0 Å². The summed E-state index contributed by atoms with van der Waals surface area (Å²) in [6, 6.07) is 0. The van der Waals surface area contributed by atoms with Crippen molar-refractivity contribution in [2.75, 3.05) is 52.6 Å². The van der Waals surface area contributed by atoms with E-state index in [0.717, 1.165) is 58.9 Å². The smallest absolute Gasteiger partial charge is 0.254 e. The first-order valence-corrected chi connectivity index (χ1v) is 8.32. The van der Waals surface area contributed by atoms with E-state index >= 15 is 0 Å². The molecular weight excluding hydrogens is 296 g/mol. The van der Waals surface area contributed by atoms with Crippen molar-refractivity contribution in [1.82, 2.24) is 20.0 Å². The number of hydrogen-bond acceptors (Lipinski definition) is 5. The van der Waals surface area contributed by atoms with Crippen molar-refractivity contribution in [2.24, 2.45) is 12.5 Å². The molecule has 2 aliphatic rings. The van der Waals surface area contributed by atoms with E-state index in [0.29, 0.717) is 12.1 Å². The maximum Gasteiger partial charge on any atom is 0.254 e. The van der Waals surface area contributed by atoms with Gasteiger partial charge in [0.1, 0.15) is 0 Å². The lowest BCUT2D eigenvalue weighted by atomic mass is 9.79. The van der Waals surface area contributed by atoms with E-state index in [1.54, 1.807) is 17.1 Å². The summed E-state index contributed by atoms with van der Waals surface area (Å²) in [4.78, 5) is 14.8. The first-order valence-electron chi connectivity index (χ1n) is 8.32.